The highest BCUT2D eigenvalue weighted by Crippen LogP contribution is 2.36. The normalized spacial score (nSPS) is 11.8. The first-order valence-electron chi connectivity index (χ1n) is 5.25. The van der Waals surface area contributed by atoms with Gasteiger partial charge in [0.2, 0.25) is 0 Å². The molecule has 0 amide bonds. The Morgan fingerprint density at radius 1 is 1.47 bits per heavy atom. The van der Waals surface area contributed by atoms with Gasteiger partial charge in [0, 0.05) is 5.54 Å². The van der Waals surface area contributed by atoms with Crippen LogP contribution < -0.4 is 4.74 Å². The lowest BCUT2D eigenvalue weighted by atomic mass is 10.1. The van der Waals surface area contributed by atoms with Crippen molar-refractivity contribution in [2.24, 2.45) is 0 Å². The van der Waals surface area contributed by atoms with E-state index in [0.29, 0.717) is 4.77 Å². The van der Waals surface area contributed by atoms with E-state index in [1.54, 1.807) is 18.4 Å². The number of hydrogen-bond acceptors (Lipinski definition) is 4. The predicted molar refractivity (Wildman–Crippen MR) is 72.3 cm³/mol. The van der Waals surface area contributed by atoms with Gasteiger partial charge >= 0.3 is 0 Å². The highest BCUT2D eigenvalue weighted by molar-refractivity contribution is 7.71. The third-order valence-electron chi connectivity index (χ3n) is 2.40. The van der Waals surface area contributed by atoms with Gasteiger partial charge in [0.05, 0.1) is 7.11 Å². The molecule has 0 radical (unpaired) electrons. The molecule has 92 valence electrons. The van der Waals surface area contributed by atoms with Crippen LogP contribution >= 0.6 is 23.6 Å². The minimum Gasteiger partial charge on any atom is -0.495 e. The van der Waals surface area contributed by atoms with Crippen LogP contribution in [-0.4, -0.2) is 21.9 Å². The fourth-order valence-corrected chi connectivity index (χ4v) is 2.94. The zero-order valence-corrected chi connectivity index (χ0v) is 11.9. The third kappa shape index (κ3) is 2.14. The number of hydrogen-bond donors (Lipinski definition) is 1. The van der Waals surface area contributed by atoms with Gasteiger partial charge in [-0.15, -0.1) is 11.3 Å². The van der Waals surface area contributed by atoms with Gasteiger partial charge in [0.1, 0.15) is 10.6 Å². The number of ether oxygens (including phenoxy) is 1. The summed E-state index contributed by atoms with van der Waals surface area (Å²) in [6.07, 6.45) is 0. The van der Waals surface area contributed by atoms with E-state index < -0.39 is 0 Å². The van der Waals surface area contributed by atoms with Crippen molar-refractivity contribution in [3.05, 3.63) is 16.2 Å². The summed E-state index contributed by atoms with van der Waals surface area (Å²) in [4.78, 5) is 0.995. The topological polar surface area (TPSA) is 42.8 Å². The molecule has 0 fully saturated rings. The maximum Gasteiger partial charge on any atom is 0.195 e. The molecule has 2 rings (SSSR count). The molecule has 0 bridgehead atoms. The molecule has 0 atom stereocenters. The molecule has 0 spiro atoms. The molecule has 6 heteroatoms. The lowest BCUT2D eigenvalue weighted by Gasteiger charge is -2.22. The monoisotopic (exact) mass is 269 g/mol. The number of nitrogens with one attached hydrogen (secondary N) is 1. The number of aromatic nitrogens is 3. The maximum atomic E-state index is 5.33. The molecular weight excluding hydrogens is 254 g/mol. The number of aromatic amines is 1. The van der Waals surface area contributed by atoms with Gasteiger partial charge in [-0.2, -0.15) is 5.10 Å². The van der Waals surface area contributed by atoms with Gasteiger partial charge in [-0.1, -0.05) is 0 Å². The maximum absolute atomic E-state index is 5.33. The van der Waals surface area contributed by atoms with Gasteiger partial charge in [-0.3, -0.25) is 9.67 Å². The van der Waals surface area contributed by atoms with Crippen LogP contribution in [0, 0.1) is 4.77 Å². The Hall–Kier alpha value is -1.14. The van der Waals surface area contributed by atoms with E-state index >= 15 is 0 Å². The minimum absolute atomic E-state index is 0.117. The molecule has 0 saturated heterocycles. The van der Waals surface area contributed by atoms with Crippen molar-refractivity contribution >= 4 is 23.6 Å². The molecule has 0 saturated carbocycles. The zero-order valence-electron chi connectivity index (χ0n) is 10.3. The average Bonchev–Trinajstić information content (AvgIpc) is 2.81. The van der Waals surface area contributed by atoms with E-state index in [2.05, 4.69) is 31.0 Å². The van der Waals surface area contributed by atoms with E-state index in [-0.39, 0.29) is 5.54 Å². The number of rotatable bonds is 2. The summed E-state index contributed by atoms with van der Waals surface area (Å²) in [5.41, 5.74) is -0.117. The highest BCUT2D eigenvalue weighted by atomic mass is 32.1. The molecule has 2 aromatic heterocycles. The first kappa shape index (κ1) is 12.3. The standard InChI is InChI=1S/C11H15N3OS2/c1-11(2,3)14-9(12-13-10(14)16)8-7(15-4)5-6-17-8/h5-6H,1-4H3,(H,13,16). The Balaban J connectivity index is 2.66. The van der Waals surface area contributed by atoms with Crippen LogP contribution in [0.2, 0.25) is 0 Å². The second-order valence-corrected chi connectivity index (χ2v) is 5.98. The van der Waals surface area contributed by atoms with Crippen LogP contribution in [0.3, 0.4) is 0 Å². The number of thiophene rings is 1. The molecular formula is C11H15N3OS2. The second-order valence-electron chi connectivity index (χ2n) is 4.68. The van der Waals surface area contributed by atoms with Gasteiger partial charge in [0.15, 0.2) is 10.6 Å². The van der Waals surface area contributed by atoms with Crippen molar-refractivity contribution in [3.8, 4) is 16.5 Å². The van der Waals surface area contributed by atoms with Crippen LogP contribution in [-0.2, 0) is 5.54 Å². The van der Waals surface area contributed by atoms with Gasteiger partial charge in [0.25, 0.3) is 0 Å². The van der Waals surface area contributed by atoms with Crippen LogP contribution in [0.4, 0.5) is 0 Å². The van der Waals surface area contributed by atoms with Gasteiger partial charge in [-0.05, 0) is 44.4 Å². The van der Waals surface area contributed by atoms with Crippen LogP contribution in [0.1, 0.15) is 20.8 Å². The van der Waals surface area contributed by atoms with Crippen LogP contribution in [0.15, 0.2) is 11.4 Å². The molecule has 0 unspecified atom stereocenters. The Labute approximate surface area is 109 Å². The summed E-state index contributed by atoms with van der Waals surface area (Å²) in [5, 5.41) is 9.14. The molecule has 1 N–H and O–H groups in total. The molecule has 4 nitrogen and oxygen atoms in total. The van der Waals surface area contributed by atoms with E-state index in [4.69, 9.17) is 17.0 Å². The molecule has 17 heavy (non-hydrogen) atoms. The quantitative estimate of drug-likeness (QED) is 0.849. The van der Waals surface area contributed by atoms with E-state index in [1.807, 2.05) is 16.0 Å². The lowest BCUT2D eigenvalue weighted by molar-refractivity contribution is 0.392. The van der Waals surface area contributed by atoms with Crippen LogP contribution in [0.5, 0.6) is 5.75 Å². The van der Waals surface area contributed by atoms with Crippen molar-refractivity contribution < 1.29 is 4.74 Å². The Morgan fingerprint density at radius 2 is 2.18 bits per heavy atom. The number of H-pyrrole nitrogens is 1. The van der Waals surface area contributed by atoms with Gasteiger partial charge < -0.3 is 4.74 Å². The van der Waals surface area contributed by atoms with E-state index in [1.165, 1.54) is 0 Å². The smallest absolute Gasteiger partial charge is 0.195 e. The molecule has 2 heterocycles. The summed E-state index contributed by atoms with van der Waals surface area (Å²) in [7, 11) is 1.66. The largest absolute Gasteiger partial charge is 0.495 e. The molecule has 2 aromatic rings. The Morgan fingerprint density at radius 3 is 2.76 bits per heavy atom. The van der Waals surface area contributed by atoms with Crippen molar-refractivity contribution in [1.82, 2.24) is 14.8 Å². The summed E-state index contributed by atoms with van der Waals surface area (Å²) in [5.74, 6) is 1.66. The van der Waals surface area contributed by atoms with Crippen LogP contribution in [0.25, 0.3) is 10.7 Å². The summed E-state index contributed by atoms with van der Waals surface area (Å²) >= 11 is 6.88. The summed E-state index contributed by atoms with van der Waals surface area (Å²) in [6, 6.07) is 1.94. The first-order chi connectivity index (χ1) is 7.95. The van der Waals surface area contributed by atoms with Crippen molar-refractivity contribution in [1.29, 1.82) is 0 Å². The first-order valence-corrected chi connectivity index (χ1v) is 6.53. The summed E-state index contributed by atoms with van der Waals surface area (Å²) in [6.45, 7) is 6.30. The number of methoxy groups -OCH3 is 1. The van der Waals surface area contributed by atoms with E-state index in [9.17, 15) is 0 Å². The minimum atomic E-state index is -0.117. The predicted octanol–water partition coefficient (Wildman–Crippen LogP) is 3.43. The fourth-order valence-electron chi connectivity index (χ4n) is 1.69. The van der Waals surface area contributed by atoms with Crippen molar-refractivity contribution in [2.75, 3.05) is 7.11 Å². The van der Waals surface area contributed by atoms with Crippen molar-refractivity contribution in [2.45, 2.75) is 26.3 Å². The SMILES string of the molecule is COc1ccsc1-c1n[nH]c(=S)n1C(C)(C)C. The van der Waals surface area contributed by atoms with Gasteiger partial charge in [-0.25, -0.2) is 0 Å². The number of nitrogens with zero attached hydrogens (tertiary/aromatic N) is 2. The van der Waals surface area contributed by atoms with E-state index in [0.717, 1.165) is 16.5 Å². The molecule has 0 aliphatic carbocycles. The average molecular weight is 269 g/mol. The Kier molecular flexibility index (Phi) is 3.09. The molecule has 0 aromatic carbocycles. The molecule has 0 aliphatic rings. The lowest BCUT2D eigenvalue weighted by Crippen LogP contribution is -2.22. The van der Waals surface area contributed by atoms with Crippen molar-refractivity contribution in [3.63, 3.8) is 0 Å². The fraction of sp³-hybridized carbons (Fsp3) is 0.455. The highest BCUT2D eigenvalue weighted by Gasteiger charge is 2.23. The Bertz CT molecular complexity index is 574. The molecule has 0 aliphatic heterocycles. The zero-order chi connectivity index (χ0) is 12.6. The summed E-state index contributed by atoms with van der Waals surface area (Å²) < 4.78 is 7.96. The second kappa shape index (κ2) is 4.27. The third-order valence-corrected chi connectivity index (χ3v) is 3.56.